The summed E-state index contributed by atoms with van der Waals surface area (Å²) < 4.78 is 0. The van der Waals surface area contributed by atoms with Crippen LogP contribution in [0.15, 0.2) is 11.4 Å². The number of carbonyl (C=O) groups excluding carboxylic acids is 5. The Labute approximate surface area is 197 Å². The Morgan fingerprint density at radius 3 is 2.21 bits per heavy atom. The maximum atomic E-state index is 13.1. The van der Waals surface area contributed by atoms with Crippen LogP contribution in [0.1, 0.15) is 58.3 Å². The third-order valence-corrected chi connectivity index (χ3v) is 7.86. The quantitative estimate of drug-likeness (QED) is 0.229. The first-order valence-electron chi connectivity index (χ1n) is 11.8. The topological polar surface area (TPSA) is 179 Å². The number of carbonyl (C=O) groups is 5. The molecule has 4 aliphatic rings. The molecule has 1 spiro atoms. The van der Waals surface area contributed by atoms with Gasteiger partial charge < -0.3 is 21.5 Å². The molecule has 34 heavy (non-hydrogen) atoms. The van der Waals surface area contributed by atoms with Gasteiger partial charge in [0.2, 0.25) is 0 Å². The van der Waals surface area contributed by atoms with E-state index < -0.39 is 52.3 Å². The Hall–Kier alpha value is -3.15. The number of amides is 7. The van der Waals surface area contributed by atoms with Crippen molar-refractivity contribution < 1.29 is 29.1 Å². The van der Waals surface area contributed by atoms with Crippen LogP contribution < -0.4 is 16.8 Å². The van der Waals surface area contributed by atoms with E-state index >= 15 is 0 Å². The third kappa shape index (κ3) is 3.51. The van der Waals surface area contributed by atoms with Crippen LogP contribution in [0.4, 0.5) is 9.59 Å². The van der Waals surface area contributed by atoms with Gasteiger partial charge in [0.15, 0.2) is 0 Å². The molecule has 2 saturated heterocycles. The maximum Gasteiger partial charge on any atom is 0.334 e. The van der Waals surface area contributed by atoms with Gasteiger partial charge in [0.05, 0.1) is 6.61 Å². The van der Waals surface area contributed by atoms with Crippen LogP contribution in [0.3, 0.4) is 0 Å². The van der Waals surface area contributed by atoms with E-state index in [1.54, 1.807) is 11.8 Å². The number of aliphatic hydroxyl groups is 1. The van der Waals surface area contributed by atoms with Gasteiger partial charge in [-0.1, -0.05) is 6.92 Å². The average Bonchev–Trinajstić information content (AvgIpc) is 3.01. The highest BCUT2D eigenvalue weighted by Gasteiger charge is 2.58. The van der Waals surface area contributed by atoms with Gasteiger partial charge in [-0.25, -0.2) is 9.59 Å². The first kappa shape index (κ1) is 24.0. The van der Waals surface area contributed by atoms with Crippen molar-refractivity contribution in [3.63, 3.8) is 0 Å². The molecule has 6 N–H and O–H groups in total. The van der Waals surface area contributed by atoms with Gasteiger partial charge in [-0.15, -0.1) is 0 Å². The maximum absolute atomic E-state index is 13.1. The smallest absolute Gasteiger partial charge is 0.334 e. The molecule has 0 aromatic carbocycles. The van der Waals surface area contributed by atoms with Crippen LogP contribution in [0.5, 0.6) is 0 Å². The summed E-state index contributed by atoms with van der Waals surface area (Å²) in [6, 6.07) is -1.64. The number of hydrogen-bond acceptors (Lipinski definition) is 8. The molecule has 2 saturated carbocycles. The van der Waals surface area contributed by atoms with E-state index in [9.17, 15) is 29.1 Å². The second kappa shape index (κ2) is 8.57. The number of hydrogen-bond donors (Lipinski definition) is 4. The van der Waals surface area contributed by atoms with Crippen LogP contribution in [-0.2, 0) is 14.4 Å². The molecule has 2 aliphatic heterocycles. The number of aliphatic hydroxyl groups excluding tert-OH is 1. The van der Waals surface area contributed by atoms with Gasteiger partial charge in [-0.2, -0.15) is 0 Å². The normalized spacial score (nSPS) is 29.1. The lowest BCUT2D eigenvalue weighted by Crippen LogP contribution is -2.62. The second-order valence-electron chi connectivity index (χ2n) is 9.86. The summed E-state index contributed by atoms with van der Waals surface area (Å²) >= 11 is 0. The third-order valence-electron chi connectivity index (χ3n) is 7.86. The molecule has 0 unspecified atom stereocenters. The summed E-state index contributed by atoms with van der Waals surface area (Å²) in [5.74, 6) is -2.30. The molecule has 186 valence electrons. The molecule has 2 heterocycles. The number of nitrogens with two attached hydrogens (primary N) is 2. The van der Waals surface area contributed by atoms with E-state index in [-0.39, 0.29) is 25.6 Å². The second-order valence-corrected chi connectivity index (χ2v) is 9.86. The van der Waals surface area contributed by atoms with Crippen LogP contribution in [0, 0.1) is 5.41 Å². The summed E-state index contributed by atoms with van der Waals surface area (Å²) in [5.41, 5.74) is 9.35. The zero-order valence-electron chi connectivity index (χ0n) is 19.3. The van der Waals surface area contributed by atoms with Crippen molar-refractivity contribution in [2.45, 2.75) is 69.9 Å². The SMILES string of the molecule is CCCN1C(=O)C(=C(N)N)C(=O)N(C2CCC(CO)(CN3C(=O)NC(=O)C34CCC4)CC2)C1=O. The predicted molar refractivity (Wildman–Crippen MR) is 118 cm³/mol. The van der Waals surface area contributed by atoms with Crippen molar-refractivity contribution in [3.8, 4) is 0 Å². The molecule has 4 rings (SSSR count). The number of nitrogens with one attached hydrogen (secondary N) is 1. The summed E-state index contributed by atoms with van der Waals surface area (Å²) in [6.45, 7) is 1.96. The molecular formula is C22H32N6O6. The molecule has 0 radical (unpaired) electrons. The zero-order chi connectivity index (χ0) is 24.8. The fourth-order valence-electron chi connectivity index (χ4n) is 5.64. The lowest BCUT2D eigenvalue weighted by atomic mass is 9.70. The molecule has 12 heteroatoms. The van der Waals surface area contributed by atoms with E-state index in [0.29, 0.717) is 44.9 Å². The molecule has 0 bridgehead atoms. The summed E-state index contributed by atoms with van der Waals surface area (Å²) in [5, 5.41) is 12.7. The number of barbiturate groups is 1. The van der Waals surface area contributed by atoms with Crippen LogP contribution >= 0.6 is 0 Å². The summed E-state index contributed by atoms with van der Waals surface area (Å²) in [7, 11) is 0. The van der Waals surface area contributed by atoms with E-state index in [2.05, 4.69) is 5.32 Å². The van der Waals surface area contributed by atoms with Crippen LogP contribution in [-0.4, -0.2) is 80.9 Å². The standard InChI is InChI=1S/C22H32N6O6/c1-2-10-26-16(30)14(15(23)24)17(31)28(20(26)34)13-4-8-21(12-29,9-5-13)11-27-19(33)25-18(32)22(27)6-3-7-22/h13,29H,2-12,23-24H2,1H3,(H,25,32,33). The molecule has 0 aromatic heterocycles. The minimum absolute atomic E-state index is 0.131. The van der Waals surface area contributed by atoms with Gasteiger partial charge in [0, 0.05) is 24.5 Å². The largest absolute Gasteiger partial charge is 0.396 e. The average molecular weight is 477 g/mol. The zero-order valence-corrected chi connectivity index (χ0v) is 19.3. The molecule has 12 nitrogen and oxygen atoms in total. The molecule has 0 atom stereocenters. The van der Waals surface area contributed by atoms with Gasteiger partial charge in [0.25, 0.3) is 17.7 Å². The Kier molecular flexibility index (Phi) is 6.05. The minimum Gasteiger partial charge on any atom is -0.396 e. The van der Waals surface area contributed by atoms with Crippen molar-refractivity contribution >= 4 is 29.8 Å². The van der Waals surface area contributed by atoms with Crippen molar-refractivity contribution in [2.75, 3.05) is 19.7 Å². The van der Waals surface area contributed by atoms with Crippen molar-refractivity contribution in [1.29, 1.82) is 0 Å². The van der Waals surface area contributed by atoms with Gasteiger partial charge in [0.1, 0.15) is 16.9 Å². The molecule has 4 fully saturated rings. The Bertz CT molecular complexity index is 961. The monoisotopic (exact) mass is 476 g/mol. The number of nitrogens with zero attached hydrogens (tertiary/aromatic N) is 3. The highest BCUT2D eigenvalue weighted by atomic mass is 16.3. The molecule has 7 amide bonds. The van der Waals surface area contributed by atoms with Crippen molar-refractivity contribution in [3.05, 3.63) is 11.4 Å². The lowest BCUT2D eigenvalue weighted by Gasteiger charge is -2.49. The van der Waals surface area contributed by atoms with Gasteiger partial charge in [-0.3, -0.25) is 29.5 Å². The van der Waals surface area contributed by atoms with E-state index in [0.717, 1.165) is 16.2 Å². The predicted octanol–water partition coefficient (Wildman–Crippen LogP) is -0.288. The van der Waals surface area contributed by atoms with E-state index in [4.69, 9.17) is 11.5 Å². The number of imide groups is 3. The molecule has 2 aliphatic carbocycles. The van der Waals surface area contributed by atoms with Crippen LogP contribution in [0.2, 0.25) is 0 Å². The minimum atomic E-state index is -0.825. The van der Waals surface area contributed by atoms with E-state index in [1.807, 2.05) is 0 Å². The first-order chi connectivity index (χ1) is 16.1. The first-order valence-corrected chi connectivity index (χ1v) is 11.8. The lowest BCUT2D eigenvalue weighted by molar-refractivity contribution is -0.139. The van der Waals surface area contributed by atoms with Crippen molar-refractivity contribution in [1.82, 2.24) is 20.0 Å². The van der Waals surface area contributed by atoms with Gasteiger partial charge >= 0.3 is 12.1 Å². The number of rotatable bonds is 6. The summed E-state index contributed by atoms with van der Waals surface area (Å²) in [6.07, 6.45) is 4.17. The Morgan fingerprint density at radius 1 is 1.06 bits per heavy atom. The van der Waals surface area contributed by atoms with E-state index in [1.165, 1.54) is 0 Å². The summed E-state index contributed by atoms with van der Waals surface area (Å²) in [4.78, 5) is 67.3. The number of urea groups is 2. The Morgan fingerprint density at radius 2 is 1.71 bits per heavy atom. The van der Waals surface area contributed by atoms with Gasteiger partial charge in [-0.05, 0) is 51.4 Å². The highest BCUT2D eigenvalue weighted by Crippen LogP contribution is 2.46. The van der Waals surface area contributed by atoms with Crippen LogP contribution in [0.25, 0.3) is 0 Å². The molecular weight excluding hydrogens is 444 g/mol. The fraction of sp³-hybridized carbons (Fsp3) is 0.682. The Balaban J connectivity index is 1.52. The molecule has 0 aromatic rings. The highest BCUT2D eigenvalue weighted by molar-refractivity contribution is 6.29. The van der Waals surface area contributed by atoms with Crippen molar-refractivity contribution in [2.24, 2.45) is 16.9 Å². The fourth-order valence-corrected chi connectivity index (χ4v) is 5.64.